The van der Waals surface area contributed by atoms with Gasteiger partial charge < -0.3 is 23.7 Å². The van der Waals surface area contributed by atoms with Crippen molar-refractivity contribution in [1.29, 1.82) is 0 Å². The summed E-state index contributed by atoms with van der Waals surface area (Å²) in [6.07, 6.45) is 0.284. The highest BCUT2D eigenvalue weighted by Gasteiger charge is 2.36. The fraction of sp³-hybridized carbons (Fsp3) is 0.348. The van der Waals surface area contributed by atoms with Gasteiger partial charge in [-0.05, 0) is 31.2 Å². The number of anilines is 1. The second-order valence-electron chi connectivity index (χ2n) is 7.29. The summed E-state index contributed by atoms with van der Waals surface area (Å²) in [6.45, 7) is 2.57. The van der Waals surface area contributed by atoms with Crippen molar-refractivity contribution >= 4 is 28.6 Å². The lowest BCUT2D eigenvalue weighted by molar-refractivity contribution is -0.143. The number of benzene rings is 2. The van der Waals surface area contributed by atoms with Crippen LogP contribution in [0.4, 0.5) is 5.69 Å². The van der Waals surface area contributed by atoms with Crippen LogP contribution in [0.15, 0.2) is 42.5 Å². The number of carbonyl (C=O) groups is 2. The normalized spacial score (nSPS) is 16.0. The van der Waals surface area contributed by atoms with Gasteiger partial charge in [0.15, 0.2) is 0 Å². The first-order valence-corrected chi connectivity index (χ1v) is 10.2. The molecule has 1 atom stereocenters. The van der Waals surface area contributed by atoms with Crippen molar-refractivity contribution < 1.29 is 23.8 Å². The Morgan fingerprint density at radius 2 is 1.97 bits per heavy atom. The van der Waals surface area contributed by atoms with Gasteiger partial charge in [0.2, 0.25) is 5.91 Å². The molecule has 2 aromatic carbocycles. The van der Waals surface area contributed by atoms with Gasteiger partial charge in [0.1, 0.15) is 23.9 Å². The maximum atomic E-state index is 13.0. The molecule has 1 fully saturated rings. The van der Waals surface area contributed by atoms with Crippen molar-refractivity contribution in [3.63, 3.8) is 0 Å². The van der Waals surface area contributed by atoms with Crippen LogP contribution in [0.5, 0.6) is 11.5 Å². The molecule has 1 aromatic heterocycles. The number of carbonyl (C=O) groups excluding carboxylic acids is 2. The Hall–Kier alpha value is -3.55. The summed E-state index contributed by atoms with van der Waals surface area (Å²) in [5.74, 6) is 1.39. The number of para-hydroxylation sites is 2. The number of hydrogen-bond donors (Lipinski definition) is 0. The van der Waals surface area contributed by atoms with E-state index < -0.39 is 0 Å². The molecule has 31 heavy (non-hydrogen) atoms. The fourth-order valence-electron chi connectivity index (χ4n) is 4.03. The average Bonchev–Trinajstić information content (AvgIpc) is 3.34. The van der Waals surface area contributed by atoms with Crippen LogP contribution < -0.4 is 14.4 Å². The van der Waals surface area contributed by atoms with Crippen LogP contribution in [0.1, 0.15) is 25.1 Å². The van der Waals surface area contributed by atoms with Crippen molar-refractivity contribution in [3.05, 3.63) is 48.3 Å². The van der Waals surface area contributed by atoms with Crippen LogP contribution in [0.25, 0.3) is 11.0 Å². The largest absolute Gasteiger partial charge is 0.497 e. The summed E-state index contributed by atoms with van der Waals surface area (Å²) in [6, 6.07) is 13.0. The van der Waals surface area contributed by atoms with Crippen LogP contribution in [-0.4, -0.2) is 48.8 Å². The van der Waals surface area contributed by atoms with E-state index in [9.17, 15) is 9.59 Å². The number of fused-ring (bicyclic) bond motifs is 1. The second-order valence-corrected chi connectivity index (χ2v) is 7.29. The Balaban J connectivity index is 1.70. The van der Waals surface area contributed by atoms with E-state index >= 15 is 0 Å². The number of rotatable bonds is 7. The van der Waals surface area contributed by atoms with Crippen LogP contribution in [0.2, 0.25) is 0 Å². The molecule has 1 saturated heterocycles. The van der Waals surface area contributed by atoms with Gasteiger partial charge in [0.25, 0.3) is 0 Å². The van der Waals surface area contributed by atoms with E-state index in [2.05, 4.69) is 0 Å². The lowest BCUT2D eigenvalue weighted by Crippen LogP contribution is -2.25. The Labute approximate surface area is 180 Å². The fourth-order valence-corrected chi connectivity index (χ4v) is 4.03. The second kappa shape index (κ2) is 8.67. The standard InChI is InChI=1S/C23H25N3O5/c1-4-31-22(28)14-26-18-8-6-5-7-17(18)24-23(26)15-11-21(27)25(13-15)19-12-16(29-2)9-10-20(19)30-3/h5-10,12,15H,4,11,13-14H2,1-3H3/t15-/m0/s1. The molecule has 8 nitrogen and oxygen atoms in total. The highest BCUT2D eigenvalue weighted by Crippen LogP contribution is 2.39. The summed E-state index contributed by atoms with van der Waals surface area (Å²) in [5.41, 5.74) is 2.28. The van der Waals surface area contributed by atoms with Crippen LogP contribution in [0.3, 0.4) is 0 Å². The maximum absolute atomic E-state index is 13.0. The van der Waals surface area contributed by atoms with E-state index in [0.717, 1.165) is 11.0 Å². The Bertz CT molecular complexity index is 1120. The Morgan fingerprint density at radius 1 is 1.16 bits per heavy atom. The van der Waals surface area contributed by atoms with Gasteiger partial charge in [-0.3, -0.25) is 9.59 Å². The molecule has 162 valence electrons. The van der Waals surface area contributed by atoms with E-state index in [-0.39, 0.29) is 30.8 Å². The number of nitrogens with zero attached hydrogens (tertiary/aromatic N) is 3. The molecule has 0 saturated carbocycles. The van der Waals surface area contributed by atoms with Gasteiger partial charge in [0.05, 0.1) is 37.5 Å². The third kappa shape index (κ3) is 3.93. The molecule has 3 aromatic rings. The van der Waals surface area contributed by atoms with E-state index in [1.165, 1.54) is 0 Å². The molecule has 0 radical (unpaired) electrons. The predicted octanol–water partition coefficient (Wildman–Crippen LogP) is 3.14. The molecule has 1 amide bonds. The van der Waals surface area contributed by atoms with Crippen LogP contribution in [-0.2, 0) is 20.9 Å². The lowest BCUT2D eigenvalue weighted by Gasteiger charge is -2.20. The molecule has 1 aliphatic rings. The molecule has 0 unspecified atom stereocenters. The van der Waals surface area contributed by atoms with Gasteiger partial charge >= 0.3 is 5.97 Å². The number of aromatic nitrogens is 2. The van der Waals surface area contributed by atoms with Gasteiger partial charge in [-0.25, -0.2) is 4.98 Å². The number of ether oxygens (including phenoxy) is 3. The number of hydrogen-bond acceptors (Lipinski definition) is 6. The Kier molecular flexibility index (Phi) is 5.79. The number of esters is 1. The summed E-state index contributed by atoms with van der Waals surface area (Å²) in [4.78, 5) is 31.7. The molecule has 1 aliphatic heterocycles. The molecular formula is C23H25N3O5. The molecule has 8 heteroatoms. The molecule has 0 bridgehead atoms. The SMILES string of the molecule is CCOC(=O)Cn1c([C@H]2CC(=O)N(c3cc(OC)ccc3OC)C2)nc2ccccc21. The van der Waals surface area contributed by atoms with E-state index in [4.69, 9.17) is 19.2 Å². The van der Waals surface area contributed by atoms with E-state index in [0.29, 0.717) is 36.2 Å². The lowest BCUT2D eigenvalue weighted by atomic mass is 10.1. The maximum Gasteiger partial charge on any atom is 0.326 e. The Morgan fingerprint density at radius 3 is 2.71 bits per heavy atom. The number of amides is 1. The molecule has 0 aliphatic carbocycles. The summed E-state index contributed by atoms with van der Waals surface area (Å²) in [5, 5.41) is 0. The third-order valence-electron chi connectivity index (χ3n) is 5.44. The zero-order valence-corrected chi connectivity index (χ0v) is 17.8. The van der Waals surface area contributed by atoms with Crippen LogP contribution >= 0.6 is 0 Å². The first-order chi connectivity index (χ1) is 15.0. The summed E-state index contributed by atoms with van der Waals surface area (Å²) >= 11 is 0. The first-order valence-electron chi connectivity index (χ1n) is 10.2. The number of methoxy groups -OCH3 is 2. The zero-order chi connectivity index (χ0) is 22.0. The third-order valence-corrected chi connectivity index (χ3v) is 5.44. The summed E-state index contributed by atoms with van der Waals surface area (Å²) < 4.78 is 17.8. The monoisotopic (exact) mass is 423 g/mol. The van der Waals surface area contributed by atoms with E-state index in [1.807, 2.05) is 28.8 Å². The van der Waals surface area contributed by atoms with Gasteiger partial charge in [-0.2, -0.15) is 0 Å². The van der Waals surface area contributed by atoms with Crippen molar-refractivity contribution in [2.24, 2.45) is 0 Å². The van der Waals surface area contributed by atoms with Gasteiger partial charge in [-0.1, -0.05) is 12.1 Å². The average molecular weight is 423 g/mol. The number of imidazole rings is 1. The van der Waals surface area contributed by atoms with Gasteiger partial charge in [0, 0.05) is 24.9 Å². The first kappa shape index (κ1) is 20.7. The molecular weight excluding hydrogens is 398 g/mol. The van der Waals surface area contributed by atoms with Crippen LogP contribution in [0, 0.1) is 0 Å². The zero-order valence-electron chi connectivity index (χ0n) is 17.8. The molecule has 0 N–H and O–H groups in total. The topological polar surface area (TPSA) is 82.9 Å². The minimum absolute atomic E-state index is 0.0358. The molecule has 4 rings (SSSR count). The van der Waals surface area contributed by atoms with E-state index in [1.54, 1.807) is 44.2 Å². The predicted molar refractivity (Wildman–Crippen MR) is 116 cm³/mol. The van der Waals surface area contributed by atoms with Crippen molar-refractivity contribution in [2.75, 3.05) is 32.3 Å². The quantitative estimate of drug-likeness (QED) is 0.543. The van der Waals surface area contributed by atoms with Gasteiger partial charge in [-0.15, -0.1) is 0 Å². The minimum atomic E-state index is -0.331. The highest BCUT2D eigenvalue weighted by atomic mass is 16.5. The highest BCUT2D eigenvalue weighted by molar-refractivity contribution is 5.98. The minimum Gasteiger partial charge on any atom is -0.497 e. The smallest absolute Gasteiger partial charge is 0.326 e. The molecule has 0 spiro atoms. The van der Waals surface area contributed by atoms with Crippen molar-refractivity contribution in [2.45, 2.75) is 25.8 Å². The molecule has 2 heterocycles. The summed E-state index contributed by atoms with van der Waals surface area (Å²) in [7, 11) is 3.15. The van der Waals surface area contributed by atoms with Crippen molar-refractivity contribution in [3.8, 4) is 11.5 Å². The van der Waals surface area contributed by atoms with Crippen molar-refractivity contribution in [1.82, 2.24) is 9.55 Å².